The average Bonchev–Trinajstić information content (AvgIpc) is 2.41. The molecular formula is C14H16N4O3. The number of carbonyl (C=O) groups is 2. The first-order valence-corrected chi connectivity index (χ1v) is 6.52. The minimum atomic E-state index is -0.586. The van der Waals surface area contributed by atoms with Gasteiger partial charge in [0.25, 0.3) is 5.56 Å². The summed E-state index contributed by atoms with van der Waals surface area (Å²) in [6.45, 7) is 3.30. The number of fused-ring (bicyclic) bond motifs is 1. The number of rotatable bonds is 3. The van der Waals surface area contributed by atoms with Gasteiger partial charge in [0.2, 0.25) is 5.91 Å². The molecule has 0 radical (unpaired) electrons. The van der Waals surface area contributed by atoms with Gasteiger partial charge < -0.3 is 5.32 Å². The Morgan fingerprint density at radius 1 is 1.29 bits per heavy atom. The van der Waals surface area contributed by atoms with Crippen LogP contribution in [-0.2, 0) is 11.3 Å². The molecule has 0 saturated carbocycles. The van der Waals surface area contributed by atoms with Crippen molar-refractivity contribution >= 4 is 22.8 Å². The molecule has 1 aromatic carbocycles. The molecule has 0 bridgehead atoms. The molecular weight excluding hydrogens is 272 g/mol. The molecule has 0 unspecified atom stereocenters. The van der Waals surface area contributed by atoms with Crippen LogP contribution in [-0.4, -0.2) is 27.5 Å². The summed E-state index contributed by atoms with van der Waals surface area (Å²) in [5, 5.41) is 5.12. The standard InChI is InChI=1S/C14H16N4O3/c1-9(2)16-14(21)17-12(19)7-18-8-15-11-6-4-3-5-10(11)13(18)20/h3-6,8-9H,7H2,1-2H3,(H2,16,17,19,21). The van der Waals surface area contributed by atoms with Crippen molar-refractivity contribution in [1.29, 1.82) is 0 Å². The van der Waals surface area contributed by atoms with Crippen molar-refractivity contribution < 1.29 is 9.59 Å². The van der Waals surface area contributed by atoms with Gasteiger partial charge in [0.15, 0.2) is 0 Å². The third kappa shape index (κ3) is 3.65. The van der Waals surface area contributed by atoms with Crippen LogP contribution in [0.3, 0.4) is 0 Å². The van der Waals surface area contributed by atoms with Crippen molar-refractivity contribution in [2.45, 2.75) is 26.4 Å². The summed E-state index contributed by atoms with van der Waals surface area (Å²) in [5.74, 6) is -0.577. The summed E-state index contributed by atoms with van der Waals surface area (Å²) >= 11 is 0. The van der Waals surface area contributed by atoms with Crippen LogP contribution in [0.25, 0.3) is 10.9 Å². The zero-order valence-corrected chi connectivity index (χ0v) is 11.8. The first-order valence-electron chi connectivity index (χ1n) is 6.52. The van der Waals surface area contributed by atoms with E-state index in [1.54, 1.807) is 38.1 Å². The number of hydrogen-bond donors (Lipinski definition) is 2. The van der Waals surface area contributed by atoms with Crippen molar-refractivity contribution in [3.05, 3.63) is 40.9 Å². The highest BCUT2D eigenvalue weighted by Gasteiger charge is 2.11. The highest BCUT2D eigenvalue weighted by atomic mass is 16.2. The second-order valence-corrected chi connectivity index (χ2v) is 4.87. The van der Waals surface area contributed by atoms with Crippen molar-refractivity contribution in [3.63, 3.8) is 0 Å². The second-order valence-electron chi connectivity index (χ2n) is 4.87. The summed E-state index contributed by atoms with van der Waals surface area (Å²) < 4.78 is 1.17. The Kier molecular flexibility index (Phi) is 4.32. The van der Waals surface area contributed by atoms with Gasteiger partial charge in [-0.2, -0.15) is 0 Å². The van der Waals surface area contributed by atoms with Crippen molar-refractivity contribution in [2.24, 2.45) is 0 Å². The summed E-state index contributed by atoms with van der Waals surface area (Å²) in [5.41, 5.74) is 0.247. The van der Waals surface area contributed by atoms with Crippen LogP contribution in [0.5, 0.6) is 0 Å². The Bertz CT molecular complexity index is 736. The van der Waals surface area contributed by atoms with E-state index in [1.807, 2.05) is 0 Å². The summed E-state index contributed by atoms with van der Waals surface area (Å²) in [6, 6.07) is 6.20. The van der Waals surface area contributed by atoms with Gasteiger partial charge in [-0.05, 0) is 26.0 Å². The van der Waals surface area contributed by atoms with Crippen LogP contribution >= 0.6 is 0 Å². The summed E-state index contributed by atoms with van der Waals surface area (Å²) in [7, 11) is 0. The van der Waals surface area contributed by atoms with E-state index < -0.39 is 11.9 Å². The molecule has 0 aliphatic carbocycles. The molecule has 0 fully saturated rings. The molecule has 0 spiro atoms. The molecule has 1 aromatic heterocycles. The number of para-hydroxylation sites is 1. The first kappa shape index (κ1) is 14.7. The molecule has 0 aliphatic heterocycles. The number of hydrogen-bond acceptors (Lipinski definition) is 4. The number of urea groups is 1. The van der Waals surface area contributed by atoms with Gasteiger partial charge >= 0.3 is 6.03 Å². The monoisotopic (exact) mass is 288 g/mol. The van der Waals surface area contributed by atoms with Crippen LogP contribution in [0.1, 0.15) is 13.8 Å². The fourth-order valence-corrected chi connectivity index (χ4v) is 1.84. The van der Waals surface area contributed by atoms with Gasteiger partial charge in [-0.25, -0.2) is 9.78 Å². The third-order valence-electron chi connectivity index (χ3n) is 2.72. The Labute approximate surface area is 121 Å². The van der Waals surface area contributed by atoms with E-state index in [9.17, 15) is 14.4 Å². The van der Waals surface area contributed by atoms with Gasteiger partial charge in [0.1, 0.15) is 6.54 Å². The van der Waals surface area contributed by atoms with E-state index in [0.717, 1.165) is 0 Å². The maximum absolute atomic E-state index is 12.2. The van der Waals surface area contributed by atoms with Gasteiger partial charge in [-0.1, -0.05) is 12.1 Å². The lowest BCUT2D eigenvalue weighted by atomic mass is 10.2. The maximum atomic E-state index is 12.2. The zero-order valence-electron chi connectivity index (χ0n) is 11.8. The molecule has 21 heavy (non-hydrogen) atoms. The second kappa shape index (κ2) is 6.17. The minimum Gasteiger partial charge on any atom is -0.336 e. The summed E-state index contributed by atoms with van der Waals surface area (Å²) in [4.78, 5) is 39.4. The third-order valence-corrected chi connectivity index (χ3v) is 2.72. The predicted molar refractivity (Wildman–Crippen MR) is 77.8 cm³/mol. The Morgan fingerprint density at radius 2 is 2.00 bits per heavy atom. The lowest BCUT2D eigenvalue weighted by molar-refractivity contribution is -0.120. The highest BCUT2D eigenvalue weighted by molar-refractivity contribution is 5.94. The van der Waals surface area contributed by atoms with E-state index in [0.29, 0.717) is 10.9 Å². The summed E-state index contributed by atoms with van der Waals surface area (Å²) in [6.07, 6.45) is 1.30. The molecule has 3 amide bonds. The molecule has 0 atom stereocenters. The van der Waals surface area contributed by atoms with Crippen LogP contribution < -0.4 is 16.2 Å². The van der Waals surface area contributed by atoms with Crippen molar-refractivity contribution in [3.8, 4) is 0 Å². The zero-order chi connectivity index (χ0) is 15.4. The number of nitrogens with zero attached hydrogens (tertiary/aromatic N) is 2. The normalized spacial score (nSPS) is 10.6. The van der Waals surface area contributed by atoms with E-state index >= 15 is 0 Å². The quantitative estimate of drug-likeness (QED) is 0.866. The average molecular weight is 288 g/mol. The smallest absolute Gasteiger partial charge is 0.321 e. The minimum absolute atomic E-state index is 0.0807. The Balaban J connectivity index is 2.13. The lowest BCUT2D eigenvalue weighted by Gasteiger charge is -2.10. The lowest BCUT2D eigenvalue weighted by Crippen LogP contribution is -2.44. The first-order chi connectivity index (χ1) is 9.97. The van der Waals surface area contributed by atoms with Gasteiger partial charge in [-0.15, -0.1) is 0 Å². The van der Waals surface area contributed by atoms with Gasteiger partial charge in [0, 0.05) is 6.04 Å². The number of benzene rings is 1. The Morgan fingerprint density at radius 3 is 2.71 bits per heavy atom. The fourth-order valence-electron chi connectivity index (χ4n) is 1.84. The Hall–Kier alpha value is -2.70. The molecule has 7 nitrogen and oxygen atoms in total. The maximum Gasteiger partial charge on any atom is 0.321 e. The van der Waals surface area contributed by atoms with E-state index in [-0.39, 0.29) is 18.1 Å². The largest absolute Gasteiger partial charge is 0.336 e. The number of nitrogens with one attached hydrogen (secondary N) is 2. The van der Waals surface area contributed by atoms with Crippen molar-refractivity contribution in [2.75, 3.05) is 0 Å². The van der Waals surface area contributed by atoms with Gasteiger partial charge in [-0.3, -0.25) is 19.5 Å². The van der Waals surface area contributed by atoms with E-state index in [1.165, 1.54) is 10.9 Å². The number of aromatic nitrogens is 2. The molecule has 0 saturated heterocycles. The molecule has 0 aliphatic rings. The van der Waals surface area contributed by atoms with Crippen LogP contribution in [0.15, 0.2) is 35.4 Å². The van der Waals surface area contributed by atoms with Crippen LogP contribution in [0.2, 0.25) is 0 Å². The molecule has 2 aromatic rings. The SMILES string of the molecule is CC(C)NC(=O)NC(=O)Cn1cnc2ccccc2c1=O. The number of imide groups is 1. The molecule has 110 valence electrons. The van der Waals surface area contributed by atoms with Gasteiger partial charge in [0.05, 0.1) is 17.2 Å². The fraction of sp³-hybridized carbons (Fsp3) is 0.286. The van der Waals surface area contributed by atoms with Crippen LogP contribution in [0, 0.1) is 0 Å². The topological polar surface area (TPSA) is 93.1 Å². The van der Waals surface area contributed by atoms with Crippen molar-refractivity contribution in [1.82, 2.24) is 20.2 Å². The molecule has 7 heteroatoms. The van der Waals surface area contributed by atoms with E-state index in [4.69, 9.17) is 0 Å². The number of amides is 3. The molecule has 1 heterocycles. The highest BCUT2D eigenvalue weighted by Crippen LogP contribution is 2.04. The predicted octanol–water partition coefficient (Wildman–Crippen LogP) is 0.631. The number of carbonyl (C=O) groups excluding carboxylic acids is 2. The van der Waals surface area contributed by atoms with Crippen LogP contribution in [0.4, 0.5) is 4.79 Å². The van der Waals surface area contributed by atoms with E-state index in [2.05, 4.69) is 15.6 Å². The molecule has 2 N–H and O–H groups in total. The molecule has 2 rings (SSSR count).